The summed E-state index contributed by atoms with van der Waals surface area (Å²) in [5, 5.41) is 8.14. The number of ether oxygens (including phenoxy) is 2. The number of fused-ring (bicyclic) bond motifs is 1. The van der Waals surface area contributed by atoms with E-state index in [1.807, 2.05) is 42.5 Å². The molecule has 0 bridgehead atoms. The first kappa shape index (κ1) is 17.7. The molecule has 0 atom stereocenters. The molecule has 3 aromatic carbocycles. The Morgan fingerprint density at radius 2 is 1.62 bits per heavy atom. The third-order valence-corrected chi connectivity index (χ3v) is 4.08. The van der Waals surface area contributed by atoms with Crippen molar-refractivity contribution >= 4 is 39.7 Å². The summed E-state index contributed by atoms with van der Waals surface area (Å²) in [6.45, 7) is 0. The Balaban J connectivity index is 1.69. The molecule has 3 rings (SSSR count). The Kier molecular flexibility index (Phi) is 5.34. The number of thiocarbonyl (C=S) groups is 1. The van der Waals surface area contributed by atoms with E-state index in [1.54, 1.807) is 25.3 Å². The van der Waals surface area contributed by atoms with Gasteiger partial charge in [0, 0.05) is 11.3 Å². The van der Waals surface area contributed by atoms with E-state index >= 15 is 0 Å². The molecule has 0 aliphatic rings. The second-order valence-electron chi connectivity index (χ2n) is 5.54. The van der Waals surface area contributed by atoms with Crippen LogP contribution in [0.3, 0.4) is 0 Å². The molecule has 26 heavy (non-hydrogen) atoms. The van der Waals surface area contributed by atoms with Crippen LogP contribution in [0.25, 0.3) is 10.8 Å². The van der Waals surface area contributed by atoms with Crippen molar-refractivity contribution in [1.82, 2.24) is 5.32 Å². The van der Waals surface area contributed by atoms with Crippen molar-refractivity contribution in [3.8, 4) is 11.5 Å². The summed E-state index contributed by atoms with van der Waals surface area (Å²) in [6, 6.07) is 18.8. The van der Waals surface area contributed by atoms with Gasteiger partial charge in [0.2, 0.25) is 0 Å². The quantitative estimate of drug-likeness (QED) is 0.684. The van der Waals surface area contributed by atoms with Crippen molar-refractivity contribution < 1.29 is 14.3 Å². The molecule has 132 valence electrons. The predicted octanol–water partition coefficient (Wildman–Crippen LogP) is 3.98. The SMILES string of the molecule is COc1ccc(C(=O)NC(=S)Nc2ccc3ccccc3c2)cc1OC. The topological polar surface area (TPSA) is 59.6 Å². The molecule has 0 aliphatic heterocycles. The Morgan fingerprint density at radius 3 is 2.35 bits per heavy atom. The average molecular weight is 366 g/mol. The summed E-state index contributed by atoms with van der Waals surface area (Å²) < 4.78 is 10.4. The van der Waals surface area contributed by atoms with Crippen LogP contribution in [0.15, 0.2) is 60.7 Å². The van der Waals surface area contributed by atoms with Gasteiger partial charge in [-0.2, -0.15) is 0 Å². The fraction of sp³-hybridized carbons (Fsp3) is 0.100. The molecular formula is C20H18N2O3S. The number of carbonyl (C=O) groups excluding carboxylic acids is 1. The third-order valence-electron chi connectivity index (χ3n) is 3.88. The molecule has 3 aromatic rings. The van der Waals surface area contributed by atoms with Crippen molar-refractivity contribution in [3.63, 3.8) is 0 Å². The first-order valence-electron chi connectivity index (χ1n) is 7.94. The average Bonchev–Trinajstić information content (AvgIpc) is 2.67. The Bertz CT molecular complexity index is 972. The molecule has 0 fully saturated rings. The lowest BCUT2D eigenvalue weighted by atomic mass is 10.1. The van der Waals surface area contributed by atoms with Gasteiger partial charge >= 0.3 is 0 Å². The second kappa shape index (κ2) is 7.84. The fourth-order valence-electron chi connectivity index (χ4n) is 2.58. The van der Waals surface area contributed by atoms with Crippen LogP contribution in [0.5, 0.6) is 11.5 Å². The molecule has 0 radical (unpaired) electrons. The van der Waals surface area contributed by atoms with Crippen LogP contribution in [0, 0.1) is 0 Å². The van der Waals surface area contributed by atoms with E-state index in [0.717, 1.165) is 16.5 Å². The number of benzene rings is 3. The van der Waals surface area contributed by atoms with Crippen LogP contribution < -0.4 is 20.1 Å². The predicted molar refractivity (Wildman–Crippen MR) is 107 cm³/mol. The monoisotopic (exact) mass is 366 g/mol. The first-order chi connectivity index (χ1) is 12.6. The Hall–Kier alpha value is -3.12. The van der Waals surface area contributed by atoms with E-state index in [2.05, 4.69) is 10.6 Å². The molecule has 0 heterocycles. The zero-order valence-electron chi connectivity index (χ0n) is 14.4. The van der Waals surface area contributed by atoms with E-state index in [1.165, 1.54) is 7.11 Å². The van der Waals surface area contributed by atoms with Gasteiger partial charge in [-0.15, -0.1) is 0 Å². The highest BCUT2D eigenvalue weighted by Gasteiger charge is 2.12. The van der Waals surface area contributed by atoms with Gasteiger partial charge in [0.1, 0.15) is 0 Å². The molecule has 0 spiro atoms. The van der Waals surface area contributed by atoms with Crippen molar-refractivity contribution in [2.24, 2.45) is 0 Å². The van der Waals surface area contributed by atoms with E-state index in [0.29, 0.717) is 17.1 Å². The lowest BCUT2D eigenvalue weighted by molar-refractivity contribution is 0.0977. The fourth-order valence-corrected chi connectivity index (χ4v) is 2.79. The van der Waals surface area contributed by atoms with Gasteiger partial charge in [-0.25, -0.2) is 0 Å². The number of methoxy groups -OCH3 is 2. The number of nitrogens with one attached hydrogen (secondary N) is 2. The van der Waals surface area contributed by atoms with E-state index in [9.17, 15) is 4.79 Å². The van der Waals surface area contributed by atoms with Gasteiger partial charge in [-0.1, -0.05) is 30.3 Å². The van der Waals surface area contributed by atoms with Crippen LogP contribution in [0.4, 0.5) is 5.69 Å². The summed E-state index contributed by atoms with van der Waals surface area (Å²) in [5.74, 6) is 0.707. The minimum absolute atomic E-state index is 0.222. The summed E-state index contributed by atoms with van der Waals surface area (Å²) in [7, 11) is 3.06. The van der Waals surface area contributed by atoms with Crippen molar-refractivity contribution in [2.75, 3.05) is 19.5 Å². The number of hydrogen-bond acceptors (Lipinski definition) is 4. The number of carbonyl (C=O) groups is 1. The van der Waals surface area contributed by atoms with Gasteiger partial charge < -0.3 is 14.8 Å². The van der Waals surface area contributed by atoms with Crippen molar-refractivity contribution in [3.05, 3.63) is 66.2 Å². The number of amides is 1. The van der Waals surface area contributed by atoms with Gasteiger partial charge in [0.15, 0.2) is 16.6 Å². The normalized spacial score (nSPS) is 10.2. The first-order valence-corrected chi connectivity index (χ1v) is 8.34. The smallest absolute Gasteiger partial charge is 0.257 e. The largest absolute Gasteiger partial charge is 0.493 e. The van der Waals surface area contributed by atoms with Crippen LogP contribution >= 0.6 is 12.2 Å². The van der Waals surface area contributed by atoms with Gasteiger partial charge in [-0.3, -0.25) is 10.1 Å². The molecule has 0 aromatic heterocycles. The van der Waals surface area contributed by atoms with E-state index in [4.69, 9.17) is 21.7 Å². The maximum atomic E-state index is 12.4. The number of anilines is 1. The molecule has 0 unspecified atom stereocenters. The maximum Gasteiger partial charge on any atom is 0.257 e. The minimum atomic E-state index is -0.329. The highest BCUT2D eigenvalue weighted by Crippen LogP contribution is 2.27. The van der Waals surface area contributed by atoms with Gasteiger partial charge in [0.25, 0.3) is 5.91 Å². The summed E-state index contributed by atoms with van der Waals surface area (Å²) >= 11 is 5.25. The number of rotatable bonds is 4. The highest BCUT2D eigenvalue weighted by molar-refractivity contribution is 7.80. The van der Waals surface area contributed by atoms with Crippen molar-refractivity contribution in [2.45, 2.75) is 0 Å². The van der Waals surface area contributed by atoms with Gasteiger partial charge in [-0.05, 0) is 53.3 Å². The van der Waals surface area contributed by atoms with Crippen LogP contribution in [-0.4, -0.2) is 25.2 Å². The highest BCUT2D eigenvalue weighted by atomic mass is 32.1. The van der Waals surface area contributed by atoms with Crippen LogP contribution in [-0.2, 0) is 0 Å². The Labute approximate surface area is 156 Å². The molecule has 0 aliphatic carbocycles. The lowest BCUT2D eigenvalue weighted by Gasteiger charge is -2.12. The molecule has 0 saturated carbocycles. The van der Waals surface area contributed by atoms with Crippen LogP contribution in [0.1, 0.15) is 10.4 Å². The molecule has 5 nitrogen and oxygen atoms in total. The summed E-state index contributed by atoms with van der Waals surface area (Å²) in [5.41, 5.74) is 1.23. The van der Waals surface area contributed by atoms with Crippen LogP contribution in [0.2, 0.25) is 0 Å². The maximum absolute atomic E-state index is 12.4. The summed E-state index contributed by atoms with van der Waals surface area (Å²) in [6.07, 6.45) is 0. The minimum Gasteiger partial charge on any atom is -0.493 e. The van der Waals surface area contributed by atoms with Gasteiger partial charge in [0.05, 0.1) is 14.2 Å². The second-order valence-corrected chi connectivity index (χ2v) is 5.95. The summed E-state index contributed by atoms with van der Waals surface area (Å²) in [4.78, 5) is 12.4. The van der Waals surface area contributed by atoms with E-state index in [-0.39, 0.29) is 11.0 Å². The zero-order chi connectivity index (χ0) is 18.5. The van der Waals surface area contributed by atoms with Crippen molar-refractivity contribution in [1.29, 1.82) is 0 Å². The molecular weight excluding hydrogens is 348 g/mol. The standard InChI is InChI=1S/C20H18N2O3S/c1-24-17-10-8-15(12-18(17)25-2)19(23)22-20(26)21-16-9-7-13-5-3-4-6-14(13)11-16/h3-12H,1-2H3,(H2,21,22,23,26). The zero-order valence-corrected chi connectivity index (χ0v) is 15.2. The third kappa shape index (κ3) is 3.92. The molecule has 2 N–H and O–H groups in total. The molecule has 0 saturated heterocycles. The molecule has 1 amide bonds. The lowest BCUT2D eigenvalue weighted by Crippen LogP contribution is -2.34. The molecule has 6 heteroatoms. The Morgan fingerprint density at radius 1 is 0.885 bits per heavy atom. The van der Waals surface area contributed by atoms with E-state index < -0.39 is 0 Å². The number of hydrogen-bond donors (Lipinski definition) is 2.